The normalized spacial score (nSPS) is 14.7. The summed E-state index contributed by atoms with van der Waals surface area (Å²) in [6, 6.07) is 13.8. The van der Waals surface area contributed by atoms with Crippen molar-refractivity contribution in [1.29, 1.82) is 0 Å². The lowest BCUT2D eigenvalue weighted by Gasteiger charge is -2.17. The molecule has 4 nitrogen and oxygen atoms in total. The molecule has 0 fully saturated rings. The lowest BCUT2D eigenvalue weighted by molar-refractivity contribution is 0.660. The van der Waals surface area contributed by atoms with Crippen LogP contribution in [0.4, 0.5) is 20.1 Å². The molecule has 1 aromatic heterocycles. The van der Waals surface area contributed by atoms with E-state index in [1.165, 1.54) is 12.1 Å². The van der Waals surface area contributed by atoms with Crippen LogP contribution in [0.25, 0.3) is 10.8 Å². The molecule has 2 aromatic carbocycles. The Balaban J connectivity index is 1.96. The molecular formula is C15H8BClF2N4. The molecule has 0 radical (unpaired) electrons. The number of amidine groups is 1. The topological polar surface area (TPSA) is 41.4 Å². The van der Waals surface area contributed by atoms with E-state index < -0.39 is 7.40 Å². The van der Waals surface area contributed by atoms with Gasteiger partial charge < -0.3 is 4.81 Å². The zero-order chi connectivity index (χ0) is 16.0. The third-order valence-electron chi connectivity index (χ3n) is 3.64. The van der Waals surface area contributed by atoms with E-state index in [4.69, 9.17) is 11.6 Å². The number of benzene rings is 2. The summed E-state index contributed by atoms with van der Waals surface area (Å²) >= 11 is 5.69. The number of aliphatic imine (C=N–C) groups is 1. The molecule has 112 valence electrons. The van der Waals surface area contributed by atoms with Gasteiger partial charge in [-0.25, -0.2) is 4.99 Å². The minimum Gasteiger partial charge on any atom is -0.309 e. The largest absolute Gasteiger partial charge is 0.679 e. The lowest BCUT2D eigenvalue weighted by atomic mass is 10.1. The number of anilines is 1. The number of hydrogen-bond donors (Lipinski definition) is 0. The maximum absolute atomic E-state index is 13.6. The molecule has 2 heterocycles. The Morgan fingerprint density at radius 2 is 1.78 bits per heavy atom. The quantitative estimate of drug-likeness (QED) is 0.665. The third kappa shape index (κ3) is 2.24. The molecule has 0 N–H and O–H groups in total. The predicted octanol–water partition coefficient (Wildman–Crippen LogP) is 4.11. The summed E-state index contributed by atoms with van der Waals surface area (Å²) in [6.07, 6.45) is 0. The molecule has 1 aliphatic heterocycles. The molecule has 0 unspecified atom stereocenters. The number of hydrogen-bond acceptors (Lipinski definition) is 3. The summed E-state index contributed by atoms with van der Waals surface area (Å²) in [4.78, 5) is 5.18. The van der Waals surface area contributed by atoms with Crippen molar-refractivity contribution in [2.24, 2.45) is 4.99 Å². The number of aromatic nitrogens is 2. The van der Waals surface area contributed by atoms with Crippen LogP contribution in [0.1, 0.15) is 5.56 Å². The van der Waals surface area contributed by atoms with Crippen molar-refractivity contribution in [2.75, 3.05) is 4.81 Å². The highest BCUT2D eigenvalue weighted by molar-refractivity contribution is 6.59. The summed E-state index contributed by atoms with van der Waals surface area (Å²) in [5.74, 6) is 0.378. The minimum absolute atomic E-state index is 0.156. The van der Waals surface area contributed by atoms with Gasteiger partial charge in [-0.3, -0.25) is 8.63 Å². The van der Waals surface area contributed by atoms with Crippen molar-refractivity contribution in [2.45, 2.75) is 0 Å². The van der Waals surface area contributed by atoms with Crippen LogP contribution >= 0.6 is 11.6 Å². The smallest absolute Gasteiger partial charge is 0.309 e. The second-order valence-electron chi connectivity index (χ2n) is 4.98. The third-order valence-corrected chi connectivity index (χ3v) is 3.85. The fourth-order valence-corrected chi connectivity index (χ4v) is 2.84. The van der Waals surface area contributed by atoms with Gasteiger partial charge >= 0.3 is 7.40 Å². The first kappa shape index (κ1) is 14.1. The van der Waals surface area contributed by atoms with Gasteiger partial charge in [-0.2, -0.15) is 0 Å². The molecule has 23 heavy (non-hydrogen) atoms. The highest BCUT2D eigenvalue weighted by Crippen LogP contribution is 2.39. The summed E-state index contributed by atoms with van der Waals surface area (Å²) in [7, 11) is -2.72. The first-order valence-electron chi connectivity index (χ1n) is 6.82. The summed E-state index contributed by atoms with van der Waals surface area (Å²) in [5, 5.41) is 9.38. The molecule has 0 saturated heterocycles. The Kier molecular flexibility index (Phi) is 3.23. The molecule has 0 aliphatic carbocycles. The SMILES string of the molecule is FB(F)N1C(=Nc2ccc(Cl)nn2)c2cccc3cccc1c23. The van der Waals surface area contributed by atoms with E-state index in [1.54, 1.807) is 18.2 Å². The van der Waals surface area contributed by atoms with Gasteiger partial charge in [-0.1, -0.05) is 41.9 Å². The fourth-order valence-electron chi connectivity index (χ4n) is 2.74. The lowest BCUT2D eigenvalue weighted by Crippen LogP contribution is -2.36. The zero-order valence-corrected chi connectivity index (χ0v) is 12.4. The van der Waals surface area contributed by atoms with Gasteiger partial charge in [0.15, 0.2) is 11.0 Å². The summed E-state index contributed by atoms with van der Waals surface area (Å²) in [6.45, 7) is 0. The van der Waals surface area contributed by atoms with Gasteiger partial charge in [-0.05, 0) is 23.6 Å². The van der Waals surface area contributed by atoms with Crippen LogP contribution in [0.3, 0.4) is 0 Å². The number of rotatable bonds is 2. The molecule has 0 amide bonds. The molecule has 0 spiro atoms. The molecule has 1 aliphatic rings. The van der Waals surface area contributed by atoms with Gasteiger partial charge in [0.2, 0.25) is 0 Å². The summed E-state index contributed by atoms with van der Waals surface area (Å²) in [5.41, 5.74) is 1.09. The predicted molar refractivity (Wildman–Crippen MR) is 87.6 cm³/mol. The molecule has 3 aromatic rings. The summed E-state index contributed by atoms with van der Waals surface area (Å²) < 4.78 is 27.3. The van der Waals surface area contributed by atoms with Crippen molar-refractivity contribution < 1.29 is 8.63 Å². The van der Waals surface area contributed by atoms with Crippen molar-refractivity contribution in [1.82, 2.24) is 10.2 Å². The monoisotopic (exact) mass is 328 g/mol. The van der Waals surface area contributed by atoms with Crippen LogP contribution in [0.2, 0.25) is 5.15 Å². The van der Waals surface area contributed by atoms with Crippen LogP contribution < -0.4 is 4.81 Å². The first-order chi connectivity index (χ1) is 11.1. The van der Waals surface area contributed by atoms with Gasteiger partial charge in [0, 0.05) is 16.6 Å². The van der Waals surface area contributed by atoms with Crippen molar-refractivity contribution in [3.8, 4) is 0 Å². The molecular weight excluding hydrogens is 320 g/mol. The second kappa shape index (κ2) is 5.28. The Morgan fingerprint density at radius 3 is 2.48 bits per heavy atom. The standard InChI is InChI=1S/C15H8BClF2N4/c17-12-7-8-13(22-21-12)20-15-10-5-1-3-9-4-2-6-11(14(9)10)23(15)16(18)19/h1-8H. The van der Waals surface area contributed by atoms with Gasteiger partial charge in [0.1, 0.15) is 5.84 Å². The maximum atomic E-state index is 13.6. The van der Waals surface area contributed by atoms with Crippen molar-refractivity contribution in [3.63, 3.8) is 0 Å². The molecule has 8 heteroatoms. The molecule has 0 atom stereocenters. The molecule has 0 saturated carbocycles. The highest BCUT2D eigenvalue weighted by Gasteiger charge is 2.38. The van der Waals surface area contributed by atoms with Crippen LogP contribution in [-0.4, -0.2) is 23.4 Å². The molecule has 0 bridgehead atoms. The Bertz CT molecular complexity index is 925. The van der Waals surface area contributed by atoms with Gasteiger partial charge in [0.05, 0.1) is 0 Å². The Morgan fingerprint density at radius 1 is 1.00 bits per heavy atom. The zero-order valence-electron chi connectivity index (χ0n) is 11.6. The van der Waals surface area contributed by atoms with E-state index in [1.807, 2.05) is 18.2 Å². The van der Waals surface area contributed by atoms with E-state index in [9.17, 15) is 8.63 Å². The average molecular weight is 329 g/mol. The Labute approximate surface area is 135 Å². The van der Waals surface area contributed by atoms with E-state index in [0.717, 1.165) is 15.6 Å². The Hall–Kier alpha value is -2.54. The number of nitrogens with zero attached hydrogens (tertiary/aromatic N) is 4. The van der Waals surface area contributed by atoms with E-state index in [2.05, 4.69) is 15.2 Å². The van der Waals surface area contributed by atoms with Crippen LogP contribution in [0.15, 0.2) is 53.5 Å². The maximum Gasteiger partial charge on any atom is 0.679 e. The fraction of sp³-hybridized carbons (Fsp3) is 0. The average Bonchev–Trinajstić information content (AvgIpc) is 2.86. The number of halogens is 3. The first-order valence-corrected chi connectivity index (χ1v) is 7.20. The van der Waals surface area contributed by atoms with E-state index in [-0.39, 0.29) is 16.8 Å². The van der Waals surface area contributed by atoms with Crippen LogP contribution in [0.5, 0.6) is 0 Å². The molecule has 4 rings (SSSR count). The minimum atomic E-state index is -2.72. The highest BCUT2D eigenvalue weighted by atomic mass is 35.5. The second-order valence-corrected chi connectivity index (χ2v) is 5.37. The van der Waals surface area contributed by atoms with Crippen molar-refractivity contribution in [3.05, 3.63) is 59.2 Å². The van der Waals surface area contributed by atoms with Crippen molar-refractivity contribution >= 4 is 47.1 Å². The van der Waals surface area contributed by atoms with Crippen LogP contribution in [0, 0.1) is 0 Å². The van der Waals surface area contributed by atoms with Crippen LogP contribution in [-0.2, 0) is 0 Å². The van der Waals surface area contributed by atoms with E-state index in [0.29, 0.717) is 11.3 Å². The van der Waals surface area contributed by atoms with E-state index >= 15 is 0 Å². The van der Waals surface area contributed by atoms with Gasteiger partial charge in [-0.15, -0.1) is 10.2 Å². The van der Waals surface area contributed by atoms with Gasteiger partial charge in [0.25, 0.3) is 0 Å².